The van der Waals surface area contributed by atoms with Gasteiger partial charge in [0.15, 0.2) is 11.4 Å². The maximum absolute atomic E-state index is 14.9. The molecule has 16 heteroatoms. The van der Waals surface area contributed by atoms with Crippen LogP contribution >= 0.6 is 11.3 Å². The van der Waals surface area contributed by atoms with Crippen molar-refractivity contribution < 1.29 is 28.3 Å². The minimum atomic E-state index is -1.69. The average molecular weight is 741 g/mol. The minimum Gasteiger partial charge on any atom is -0.490 e. The highest BCUT2D eigenvalue weighted by molar-refractivity contribution is 7.20. The van der Waals surface area contributed by atoms with Crippen LogP contribution < -0.4 is 31.1 Å². The van der Waals surface area contributed by atoms with Crippen molar-refractivity contribution in [2.75, 3.05) is 43.4 Å². The third-order valence-electron chi connectivity index (χ3n) is 9.83. The van der Waals surface area contributed by atoms with Crippen molar-refractivity contribution in [1.29, 1.82) is 0 Å². The van der Waals surface area contributed by atoms with E-state index in [-0.39, 0.29) is 36.4 Å². The van der Waals surface area contributed by atoms with Gasteiger partial charge in [0.25, 0.3) is 11.5 Å². The monoisotopic (exact) mass is 740 g/mol. The first-order valence-corrected chi connectivity index (χ1v) is 18.0. The number of rotatable bonds is 9. The van der Waals surface area contributed by atoms with E-state index in [2.05, 4.69) is 25.3 Å². The van der Waals surface area contributed by atoms with Crippen molar-refractivity contribution >= 4 is 44.8 Å². The first kappa shape index (κ1) is 34.4. The molecule has 0 radical (unpaired) electrons. The standard InChI is InChI=1S/C37H35F2N9O4S/c38-23-6-8-27(28(39)16-23)37(51,20-46-22-41-21-42-46)19-45-12-10-24(11-13-45)43-34(49)32-18-30-35(53-32)44-33(40)36(50)48(30)26-7-9-31-29(17-26)47(14-15-52-31)25-4-2-1-3-5-25/h1-9,16-18,21-22,24,51H,10-15,19-20H2,(H2,40,44)(H,43,49)/p+1/t37-/m0/s1. The second-order valence-corrected chi connectivity index (χ2v) is 14.4. The number of hydrogen-bond acceptors (Lipinski definition) is 10. The van der Waals surface area contributed by atoms with Gasteiger partial charge in [0.1, 0.15) is 48.0 Å². The molecule has 0 aliphatic carbocycles. The Hall–Kier alpha value is -5.71. The third kappa shape index (κ3) is 6.83. The number of nitrogens with zero attached hydrogens (tertiary/aromatic N) is 6. The number of para-hydroxylation sites is 1. The number of piperidine rings is 1. The van der Waals surface area contributed by atoms with Gasteiger partial charge in [-0.25, -0.2) is 23.4 Å². The molecule has 272 valence electrons. The molecule has 8 rings (SSSR count). The molecule has 13 nitrogen and oxygen atoms in total. The summed E-state index contributed by atoms with van der Waals surface area (Å²) in [7, 11) is 0. The predicted molar refractivity (Wildman–Crippen MR) is 195 cm³/mol. The first-order chi connectivity index (χ1) is 25.6. The van der Waals surface area contributed by atoms with Gasteiger partial charge in [-0.3, -0.25) is 14.2 Å². The summed E-state index contributed by atoms with van der Waals surface area (Å²) in [5, 5.41) is 19.0. The molecule has 1 saturated heterocycles. The number of benzene rings is 3. The smallest absolute Gasteiger partial charge is 0.298 e. The lowest BCUT2D eigenvalue weighted by molar-refractivity contribution is -0.912. The van der Waals surface area contributed by atoms with Crippen LogP contribution in [0.5, 0.6) is 5.75 Å². The Balaban J connectivity index is 0.993. The number of likely N-dealkylation sites (tertiary alicyclic amines) is 1. The van der Waals surface area contributed by atoms with Gasteiger partial charge in [-0.1, -0.05) is 18.2 Å². The van der Waals surface area contributed by atoms with Crippen LogP contribution in [0.4, 0.5) is 26.0 Å². The SMILES string of the molecule is Nc1nc2sc(C(=O)NC3CC[NH+](C[C@](O)(Cn4cncn4)c4ccc(F)cc4F)CC3)cc2n(-c2ccc3c(c2)N(c2ccccc2)CCO3)c1=O. The van der Waals surface area contributed by atoms with E-state index >= 15 is 0 Å². The quantitative estimate of drug-likeness (QED) is 0.175. The highest BCUT2D eigenvalue weighted by Crippen LogP contribution is 2.38. The maximum Gasteiger partial charge on any atom is 0.298 e. The van der Waals surface area contributed by atoms with Gasteiger partial charge in [-0.2, -0.15) is 5.10 Å². The summed E-state index contributed by atoms with van der Waals surface area (Å²) in [6.07, 6.45) is 3.96. The molecular weight excluding hydrogens is 705 g/mol. The number of nitrogens with two attached hydrogens (primary N) is 1. The fraction of sp³-hybridized carbons (Fsp3) is 0.270. The summed E-state index contributed by atoms with van der Waals surface area (Å²) in [6.45, 7) is 2.37. The number of fused-ring (bicyclic) bond motifs is 2. The number of anilines is 3. The van der Waals surface area contributed by atoms with Crippen LogP contribution in [-0.2, 0) is 12.1 Å². The van der Waals surface area contributed by atoms with Crippen molar-refractivity contribution in [3.8, 4) is 11.4 Å². The minimum absolute atomic E-state index is 0.0212. The lowest BCUT2D eigenvalue weighted by Crippen LogP contribution is -3.15. The van der Waals surface area contributed by atoms with Crippen LogP contribution in [-0.4, -0.2) is 74.2 Å². The van der Waals surface area contributed by atoms with Crippen molar-refractivity contribution in [1.82, 2.24) is 29.6 Å². The van der Waals surface area contributed by atoms with Gasteiger partial charge in [-0.15, -0.1) is 11.3 Å². The second-order valence-electron chi connectivity index (χ2n) is 13.3. The van der Waals surface area contributed by atoms with Crippen LogP contribution in [0, 0.1) is 11.6 Å². The molecule has 1 fully saturated rings. The zero-order chi connectivity index (χ0) is 36.7. The molecule has 0 bridgehead atoms. The Morgan fingerprint density at radius 2 is 1.89 bits per heavy atom. The van der Waals surface area contributed by atoms with Crippen molar-refractivity contribution in [2.24, 2.45) is 0 Å². The molecule has 3 aromatic carbocycles. The molecule has 3 aromatic heterocycles. The van der Waals surface area contributed by atoms with Crippen LogP contribution in [0.1, 0.15) is 28.1 Å². The van der Waals surface area contributed by atoms with Gasteiger partial charge in [0, 0.05) is 36.2 Å². The number of thiophene rings is 1. The van der Waals surface area contributed by atoms with Gasteiger partial charge in [-0.05, 0) is 48.5 Å². The number of amides is 1. The van der Waals surface area contributed by atoms with E-state index < -0.39 is 22.8 Å². The molecule has 6 aromatic rings. The summed E-state index contributed by atoms with van der Waals surface area (Å²) in [5.74, 6) is -1.36. The zero-order valence-corrected chi connectivity index (χ0v) is 29.2. The molecule has 0 spiro atoms. The Morgan fingerprint density at radius 1 is 1.08 bits per heavy atom. The number of carbonyl (C=O) groups is 1. The number of ether oxygens (including phenoxy) is 1. The molecule has 5 heterocycles. The number of carbonyl (C=O) groups excluding carboxylic acids is 1. The van der Waals surface area contributed by atoms with E-state index in [1.54, 1.807) is 12.1 Å². The summed E-state index contributed by atoms with van der Waals surface area (Å²) in [5.41, 5.74) is 6.73. The van der Waals surface area contributed by atoms with E-state index in [0.29, 0.717) is 65.7 Å². The molecule has 2 aliphatic rings. The normalized spacial score (nSPS) is 18.3. The Bertz CT molecular complexity index is 2350. The topological polar surface area (TPSA) is 158 Å². The number of nitrogen functional groups attached to an aromatic ring is 1. The molecule has 1 amide bonds. The number of halogens is 2. The van der Waals surface area contributed by atoms with Crippen molar-refractivity contribution in [3.63, 3.8) is 0 Å². The second kappa shape index (κ2) is 14.0. The van der Waals surface area contributed by atoms with Crippen LogP contribution in [0.15, 0.2) is 90.2 Å². The highest BCUT2D eigenvalue weighted by atomic mass is 32.1. The summed E-state index contributed by atoms with van der Waals surface area (Å²) in [4.78, 5) is 39.3. The van der Waals surface area contributed by atoms with E-state index in [9.17, 15) is 23.5 Å². The molecule has 1 atom stereocenters. The lowest BCUT2D eigenvalue weighted by Gasteiger charge is -2.36. The Labute approximate surface area is 305 Å². The number of aliphatic hydroxyl groups is 1. The van der Waals surface area contributed by atoms with Gasteiger partial charge in [0.2, 0.25) is 0 Å². The maximum atomic E-state index is 14.9. The summed E-state index contributed by atoms with van der Waals surface area (Å²) < 4.78 is 37.5. The van der Waals surface area contributed by atoms with E-state index in [1.165, 1.54) is 28.0 Å². The fourth-order valence-corrected chi connectivity index (χ4v) is 8.21. The fourth-order valence-electron chi connectivity index (χ4n) is 7.29. The van der Waals surface area contributed by atoms with Gasteiger partial charge in [0.05, 0.1) is 47.9 Å². The van der Waals surface area contributed by atoms with Gasteiger partial charge < -0.3 is 30.7 Å². The number of nitrogens with one attached hydrogen (secondary N) is 2. The summed E-state index contributed by atoms with van der Waals surface area (Å²) in [6, 6.07) is 20.1. The first-order valence-electron chi connectivity index (χ1n) is 17.2. The largest absolute Gasteiger partial charge is 0.490 e. The molecular formula is C37H36F2N9O4S+. The van der Waals surface area contributed by atoms with E-state index in [0.717, 1.165) is 39.7 Å². The zero-order valence-electron chi connectivity index (χ0n) is 28.4. The Morgan fingerprint density at radius 3 is 2.64 bits per heavy atom. The summed E-state index contributed by atoms with van der Waals surface area (Å²) >= 11 is 1.15. The van der Waals surface area contributed by atoms with E-state index in [4.69, 9.17) is 10.5 Å². The van der Waals surface area contributed by atoms with E-state index in [1.807, 2.05) is 42.5 Å². The number of hydrogen-bond donors (Lipinski definition) is 4. The van der Waals surface area contributed by atoms with Crippen LogP contribution in [0.3, 0.4) is 0 Å². The third-order valence-corrected chi connectivity index (χ3v) is 10.8. The number of aromatic nitrogens is 5. The molecule has 53 heavy (non-hydrogen) atoms. The molecule has 5 N–H and O–H groups in total. The predicted octanol–water partition coefficient (Wildman–Crippen LogP) is 2.79. The number of quaternary nitrogens is 1. The van der Waals surface area contributed by atoms with Crippen LogP contribution in [0.25, 0.3) is 16.0 Å². The molecule has 0 unspecified atom stereocenters. The lowest BCUT2D eigenvalue weighted by atomic mass is 9.91. The van der Waals surface area contributed by atoms with Gasteiger partial charge >= 0.3 is 0 Å². The molecule has 2 aliphatic heterocycles. The molecule has 0 saturated carbocycles. The van der Waals surface area contributed by atoms with Crippen molar-refractivity contribution in [3.05, 3.63) is 118 Å². The van der Waals surface area contributed by atoms with Crippen LogP contribution in [0.2, 0.25) is 0 Å². The average Bonchev–Trinajstić information content (AvgIpc) is 3.83. The highest BCUT2D eigenvalue weighted by Gasteiger charge is 2.39. The van der Waals surface area contributed by atoms with Crippen molar-refractivity contribution in [2.45, 2.75) is 31.0 Å². The Kier molecular flexibility index (Phi) is 9.10.